The molecule has 3 N–H and O–H groups in total. The molecule has 0 amide bonds. The van der Waals surface area contributed by atoms with Gasteiger partial charge in [0.05, 0.1) is 10.8 Å². The lowest BCUT2D eigenvalue weighted by atomic mass is 10.2. The van der Waals surface area contributed by atoms with Crippen molar-refractivity contribution in [1.29, 1.82) is 0 Å². The topological polar surface area (TPSA) is 141 Å². The maximum absolute atomic E-state index is 12.9. The summed E-state index contributed by atoms with van der Waals surface area (Å²) in [5.41, 5.74) is 4.48. The summed E-state index contributed by atoms with van der Waals surface area (Å²) in [7, 11) is 0. The van der Waals surface area contributed by atoms with Crippen molar-refractivity contribution >= 4 is 39.5 Å². The molecule has 0 aliphatic rings. The van der Waals surface area contributed by atoms with E-state index in [1.54, 1.807) is 30.6 Å². The Morgan fingerprint density at radius 3 is 1.64 bits per heavy atom. The molecule has 10 nitrogen and oxygen atoms in total. The van der Waals surface area contributed by atoms with Crippen molar-refractivity contribution in [3.05, 3.63) is 114 Å². The van der Waals surface area contributed by atoms with Gasteiger partial charge in [0.2, 0.25) is 0 Å². The van der Waals surface area contributed by atoms with Crippen molar-refractivity contribution in [3.8, 4) is 0 Å². The van der Waals surface area contributed by atoms with Crippen molar-refractivity contribution in [2.24, 2.45) is 5.73 Å². The highest BCUT2D eigenvalue weighted by molar-refractivity contribution is 6.33. The van der Waals surface area contributed by atoms with E-state index in [1.165, 1.54) is 36.9 Å². The van der Waals surface area contributed by atoms with Crippen LogP contribution in [0.1, 0.15) is 22.5 Å². The van der Waals surface area contributed by atoms with Gasteiger partial charge in [0.15, 0.2) is 11.3 Å². The molecule has 0 saturated carbocycles. The van der Waals surface area contributed by atoms with E-state index < -0.39 is 23.7 Å². The molecule has 0 spiro atoms. The highest BCUT2D eigenvalue weighted by Gasteiger charge is 2.35. The first kappa shape index (κ1) is 32.8. The molecule has 0 atom stereocenters. The van der Waals surface area contributed by atoms with Gasteiger partial charge in [-0.15, -0.1) is 0 Å². The van der Waals surface area contributed by atoms with E-state index in [2.05, 4.69) is 45.2 Å². The molecule has 0 unspecified atom stereocenters. The second-order valence-electron chi connectivity index (χ2n) is 8.71. The predicted octanol–water partition coefficient (Wildman–Crippen LogP) is 6.29. The summed E-state index contributed by atoms with van der Waals surface area (Å²) in [6.45, 7) is -0.202. The molecule has 0 radical (unpaired) electrons. The van der Waals surface area contributed by atoms with Gasteiger partial charge in [-0.25, -0.2) is 29.9 Å². The number of rotatable bonds is 4. The number of nitrogens with zero attached hydrogens (tertiary/aromatic N) is 8. The van der Waals surface area contributed by atoms with Crippen LogP contribution in [-0.4, -0.2) is 39.9 Å². The number of anilines is 1. The van der Waals surface area contributed by atoms with Gasteiger partial charge in [-0.3, -0.25) is 9.97 Å². The lowest BCUT2D eigenvalue weighted by Crippen LogP contribution is -2.14. The van der Waals surface area contributed by atoms with Crippen LogP contribution >= 0.6 is 11.6 Å². The Morgan fingerprint density at radius 1 is 0.600 bits per heavy atom. The minimum atomic E-state index is -4.49. The molecule has 6 heterocycles. The number of nitrogens with one attached hydrogen (secondary N) is 1. The van der Waals surface area contributed by atoms with Crippen molar-refractivity contribution in [3.63, 3.8) is 0 Å². The van der Waals surface area contributed by atoms with Crippen LogP contribution in [0.2, 0.25) is 5.15 Å². The molecule has 6 aromatic rings. The number of fused-ring (bicyclic) bond motifs is 2. The molecule has 0 saturated heterocycles. The Hall–Kier alpha value is -5.09. The molecule has 45 heavy (non-hydrogen) atoms. The van der Waals surface area contributed by atoms with E-state index >= 15 is 0 Å². The highest BCUT2D eigenvalue weighted by atomic mass is 35.5. The van der Waals surface area contributed by atoms with Crippen LogP contribution in [0.15, 0.2) is 86.0 Å². The van der Waals surface area contributed by atoms with Gasteiger partial charge in [-0.1, -0.05) is 23.7 Å². The number of alkyl halides is 6. The number of pyridine rings is 4. The minimum Gasteiger partial charge on any atom is -0.365 e. The van der Waals surface area contributed by atoms with Crippen LogP contribution in [0, 0.1) is 0 Å². The monoisotopic (exact) mass is 646 g/mol. The molecular weight excluding hydrogens is 626 g/mol. The standard InChI is InChI=1S/C14H10F3N5.C7H4ClN3.C7H7F3N2/c15-14(16,17)11-9(3-1-5-18-11)7-20-13-10-4-2-6-19-12(10)21-8-22-13;8-6-5-2-1-3-9-7(5)11-4-10-6;8-7(9,10)6-5(4-11)2-1-3-12-6/h1-6,8H,7H2,(H,19,20,21,22);1-4H;1-3H,4,11H2. The summed E-state index contributed by atoms with van der Waals surface area (Å²) in [4.78, 5) is 30.5. The highest BCUT2D eigenvalue weighted by Crippen LogP contribution is 2.31. The normalized spacial score (nSPS) is 11.3. The lowest BCUT2D eigenvalue weighted by molar-refractivity contribution is -0.142. The largest absolute Gasteiger partial charge is 0.433 e. The summed E-state index contributed by atoms with van der Waals surface area (Å²) in [6, 6.07) is 12.7. The van der Waals surface area contributed by atoms with Crippen molar-refractivity contribution in [2.75, 3.05) is 5.32 Å². The first-order valence-electron chi connectivity index (χ1n) is 12.7. The van der Waals surface area contributed by atoms with Crippen LogP contribution in [0.5, 0.6) is 0 Å². The second kappa shape index (κ2) is 14.6. The Balaban J connectivity index is 0.000000169. The maximum Gasteiger partial charge on any atom is 0.433 e. The van der Waals surface area contributed by atoms with Crippen LogP contribution in [0.25, 0.3) is 22.1 Å². The minimum absolute atomic E-state index is 0.0185. The Kier molecular flexibility index (Phi) is 10.6. The Labute approximate surface area is 255 Å². The van der Waals surface area contributed by atoms with E-state index in [4.69, 9.17) is 17.3 Å². The molecule has 17 heteroatoms. The molecule has 232 valence electrons. The molecule has 0 aromatic carbocycles. The second-order valence-corrected chi connectivity index (χ2v) is 9.07. The number of aromatic nitrogens is 8. The van der Waals surface area contributed by atoms with E-state index in [-0.39, 0.29) is 24.2 Å². The summed E-state index contributed by atoms with van der Waals surface area (Å²) in [6.07, 6.45) is -0.710. The van der Waals surface area contributed by atoms with Crippen molar-refractivity contribution in [1.82, 2.24) is 39.9 Å². The molecule has 0 fully saturated rings. The lowest BCUT2D eigenvalue weighted by Gasteiger charge is -2.13. The van der Waals surface area contributed by atoms with Gasteiger partial charge in [-0.2, -0.15) is 26.3 Å². The zero-order chi connectivity index (χ0) is 32.5. The average molecular weight is 647 g/mol. The van der Waals surface area contributed by atoms with Gasteiger partial charge < -0.3 is 11.1 Å². The molecule has 0 aliphatic carbocycles. The zero-order valence-corrected chi connectivity index (χ0v) is 23.6. The van der Waals surface area contributed by atoms with Crippen molar-refractivity contribution in [2.45, 2.75) is 25.4 Å². The summed E-state index contributed by atoms with van der Waals surface area (Å²) < 4.78 is 75.1. The SMILES string of the molecule is Clc1ncnc2ncccc12.FC(F)(F)c1ncccc1CNc1ncnc2ncccc12.NCc1cccnc1C(F)(F)F. The van der Waals surface area contributed by atoms with Gasteiger partial charge in [-0.05, 0) is 42.0 Å². The Morgan fingerprint density at radius 2 is 1.09 bits per heavy atom. The summed E-state index contributed by atoms with van der Waals surface area (Å²) in [5, 5.41) is 4.76. The van der Waals surface area contributed by atoms with Crippen LogP contribution < -0.4 is 11.1 Å². The number of nitrogens with two attached hydrogens (primary N) is 1. The van der Waals surface area contributed by atoms with Gasteiger partial charge in [0, 0.05) is 43.4 Å². The third kappa shape index (κ3) is 8.73. The maximum atomic E-state index is 12.9. The molecule has 6 rings (SSSR count). The van der Waals surface area contributed by atoms with E-state index in [0.717, 1.165) is 17.8 Å². The van der Waals surface area contributed by atoms with E-state index in [0.29, 0.717) is 27.7 Å². The predicted molar refractivity (Wildman–Crippen MR) is 153 cm³/mol. The summed E-state index contributed by atoms with van der Waals surface area (Å²) >= 11 is 5.77. The smallest absolute Gasteiger partial charge is 0.365 e. The van der Waals surface area contributed by atoms with Crippen LogP contribution in [0.4, 0.5) is 32.2 Å². The van der Waals surface area contributed by atoms with E-state index in [1.807, 2.05) is 6.07 Å². The van der Waals surface area contributed by atoms with Crippen LogP contribution in [-0.2, 0) is 25.4 Å². The number of hydrogen-bond acceptors (Lipinski definition) is 10. The van der Waals surface area contributed by atoms with Crippen LogP contribution in [0.3, 0.4) is 0 Å². The average Bonchev–Trinajstić information content (AvgIpc) is 3.04. The van der Waals surface area contributed by atoms with Gasteiger partial charge in [0.25, 0.3) is 0 Å². The summed E-state index contributed by atoms with van der Waals surface area (Å²) in [5.74, 6) is 0.426. The Bertz CT molecular complexity index is 1860. The van der Waals surface area contributed by atoms with E-state index in [9.17, 15) is 26.3 Å². The fourth-order valence-electron chi connectivity index (χ4n) is 3.78. The quantitative estimate of drug-likeness (QED) is 0.166. The number of halogens is 7. The van der Waals surface area contributed by atoms with Crippen molar-refractivity contribution < 1.29 is 26.3 Å². The molecular formula is C28H21ClF6N10. The third-order valence-electron chi connectivity index (χ3n) is 5.75. The molecule has 0 bridgehead atoms. The molecule has 6 aromatic heterocycles. The fourth-order valence-corrected chi connectivity index (χ4v) is 3.97. The zero-order valence-electron chi connectivity index (χ0n) is 22.8. The molecule has 0 aliphatic heterocycles. The van der Waals surface area contributed by atoms with Gasteiger partial charge >= 0.3 is 12.4 Å². The third-order valence-corrected chi connectivity index (χ3v) is 6.06. The van der Waals surface area contributed by atoms with Gasteiger partial charge in [0.1, 0.15) is 35.0 Å². The fraction of sp³-hybridized carbons (Fsp3) is 0.143. The first-order chi connectivity index (χ1) is 21.5. The number of hydrogen-bond donors (Lipinski definition) is 2. The first-order valence-corrected chi connectivity index (χ1v) is 13.1.